The van der Waals surface area contributed by atoms with Gasteiger partial charge in [-0.1, -0.05) is 0 Å². The number of ether oxygens (including phenoxy) is 1. The van der Waals surface area contributed by atoms with Crippen LogP contribution in [0.5, 0.6) is 5.75 Å². The summed E-state index contributed by atoms with van der Waals surface area (Å²) in [6, 6.07) is 4.04. The first-order valence-corrected chi connectivity index (χ1v) is 5.65. The lowest BCUT2D eigenvalue weighted by Gasteiger charge is -2.34. The van der Waals surface area contributed by atoms with Gasteiger partial charge in [-0.2, -0.15) is 0 Å². The van der Waals surface area contributed by atoms with Crippen molar-refractivity contribution in [3.8, 4) is 5.75 Å². The van der Waals surface area contributed by atoms with Crippen molar-refractivity contribution in [3.63, 3.8) is 0 Å². The van der Waals surface area contributed by atoms with Crippen molar-refractivity contribution in [3.05, 3.63) is 29.6 Å². The highest BCUT2D eigenvalue weighted by Crippen LogP contribution is 2.21. The maximum atomic E-state index is 13.3. The average Bonchev–Trinajstić information content (AvgIpc) is 2.37. The van der Waals surface area contributed by atoms with Gasteiger partial charge < -0.3 is 15.4 Å². The number of carbonyl (C=O) groups is 1. The van der Waals surface area contributed by atoms with Crippen molar-refractivity contribution < 1.29 is 13.9 Å². The fourth-order valence-corrected chi connectivity index (χ4v) is 1.40. The Bertz CT molecular complexity index is 447. The minimum atomic E-state index is -0.491. The van der Waals surface area contributed by atoms with E-state index in [1.807, 2.05) is 13.8 Å². The Morgan fingerprint density at radius 3 is 2.61 bits per heavy atom. The van der Waals surface area contributed by atoms with Gasteiger partial charge in [0.15, 0.2) is 11.6 Å². The molecule has 0 aliphatic rings. The fraction of sp³-hybridized carbons (Fsp3) is 0.462. The Morgan fingerprint density at radius 2 is 2.11 bits per heavy atom. The minimum absolute atomic E-state index is 0.0554. The lowest BCUT2D eigenvalue weighted by molar-refractivity contribution is 0.0639. The number of nitrogens with two attached hydrogens (primary N) is 1. The van der Waals surface area contributed by atoms with E-state index in [9.17, 15) is 9.18 Å². The number of rotatable bonds is 4. The van der Waals surface area contributed by atoms with Gasteiger partial charge in [0.1, 0.15) is 0 Å². The van der Waals surface area contributed by atoms with Gasteiger partial charge in [-0.3, -0.25) is 4.79 Å². The molecule has 0 aliphatic carbocycles. The number of hydrogen-bond acceptors (Lipinski definition) is 3. The molecule has 1 rings (SSSR count). The fourth-order valence-electron chi connectivity index (χ4n) is 1.40. The highest BCUT2D eigenvalue weighted by atomic mass is 19.1. The Hall–Kier alpha value is -1.62. The summed E-state index contributed by atoms with van der Waals surface area (Å²) in [6.45, 7) is 4.07. The van der Waals surface area contributed by atoms with E-state index in [-0.39, 0.29) is 11.7 Å². The molecule has 0 spiro atoms. The highest BCUT2D eigenvalue weighted by molar-refractivity contribution is 5.95. The molecular formula is C13H19FN2O2. The number of likely N-dealkylation sites (N-methyl/N-ethyl adjacent to an activating group) is 1. The minimum Gasteiger partial charge on any atom is -0.494 e. The third kappa shape index (κ3) is 2.79. The van der Waals surface area contributed by atoms with Crippen LogP contribution >= 0.6 is 0 Å². The van der Waals surface area contributed by atoms with Gasteiger partial charge >= 0.3 is 0 Å². The highest BCUT2D eigenvalue weighted by Gasteiger charge is 2.27. The molecule has 1 amide bonds. The average molecular weight is 254 g/mol. The zero-order valence-electron chi connectivity index (χ0n) is 11.2. The number of hydrogen-bond donors (Lipinski definition) is 1. The molecule has 1 aromatic rings. The summed E-state index contributed by atoms with van der Waals surface area (Å²) in [5.74, 6) is -0.654. The lowest BCUT2D eigenvalue weighted by atomic mass is 10.0. The van der Waals surface area contributed by atoms with Gasteiger partial charge in [0.2, 0.25) is 0 Å². The molecule has 2 N–H and O–H groups in total. The third-order valence-electron chi connectivity index (χ3n) is 3.11. The summed E-state index contributed by atoms with van der Waals surface area (Å²) in [4.78, 5) is 13.8. The monoisotopic (exact) mass is 254 g/mol. The Morgan fingerprint density at radius 1 is 1.50 bits per heavy atom. The first-order chi connectivity index (χ1) is 8.33. The van der Waals surface area contributed by atoms with E-state index in [1.165, 1.54) is 25.3 Å². The summed E-state index contributed by atoms with van der Waals surface area (Å²) >= 11 is 0. The van der Waals surface area contributed by atoms with E-state index in [1.54, 1.807) is 11.9 Å². The second-order valence-corrected chi connectivity index (χ2v) is 4.73. The van der Waals surface area contributed by atoms with Crippen LogP contribution in [0.25, 0.3) is 0 Å². The van der Waals surface area contributed by atoms with Crippen LogP contribution in [-0.2, 0) is 0 Å². The van der Waals surface area contributed by atoms with Gasteiger partial charge in [-0.05, 0) is 32.0 Å². The molecule has 0 fully saturated rings. The smallest absolute Gasteiger partial charge is 0.254 e. The Labute approximate surface area is 107 Å². The van der Waals surface area contributed by atoms with Crippen LogP contribution in [-0.4, -0.2) is 37.0 Å². The number of benzene rings is 1. The van der Waals surface area contributed by atoms with E-state index in [2.05, 4.69) is 0 Å². The lowest BCUT2D eigenvalue weighted by Crippen LogP contribution is -2.50. The van der Waals surface area contributed by atoms with Crippen molar-refractivity contribution in [2.24, 2.45) is 5.73 Å². The molecule has 5 heteroatoms. The van der Waals surface area contributed by atoms with Crippen LogP contribution in [0.2, 0.25) is 0 Å². The van der Waals surface area contributed by atoms with E-state index in [0.29, 0.717) is 12.1 Å². The number of amides is 1. The summed E-state index contributed by atoms with van der Waals surface area (Å²) in [6.07, 6.45) is 0. The van der Waals surface area contributed by atoms with E-state index in [0.717, 1.165) is 0 Å². The zero-order chi connectivity index (χ0) is 13.9. The molecule has 0 aromatic heterocycles. The quantitative estimate of drug-likeness (QED) is 0.888. The summed E-state index contributed by atoms with van der Waals surface area (Å²) in [7, 11) is 3.03. The Balaban J connectivity index is 3.04. The first kappa shape index (κ1) is 14.4. The van der Waals surface area contributed by atoms with Crippen LogP contribution in [0.1, 0.15) is 24.2 Å². The SMILES string of the molecule is COc1cc(C(=O)N(C)C(C)(C)CN)ccc1F. The first-order valence-electron chi connectivity index (χ1n) is 5.65. The Kier molecular flexibility index (Phi) is 4.29. The topological polar surface area (TPSA) is 55.6 Å². The van der Waals surface area contributed by atoms with Crippen molar-refractivity contribution in [2.75, 3.05) is 20.7 Å². The number of nitrogens with zero attached hydrogens (tertiary/aromatic N) is 1. The van der Waals surface area contributed by atoms with Crippen molar-refractivity contribution in [1.82, 2.24) is 4.90 Å². The summed E-state index contributed by atoms with van der Waals surface area (Å²) < 4.78 is 18.1. The van der Waals surface area contributed by atoms with E-state index >= 15 is 0 Å². The standard InChI is InChI=1S/C13H19FN2O2/c1-13(2,8-15)16(3)12(17)9-5-6-10(14)11(7-9)18-4/h5-7H,8,15H2,1-4H3. The van der Waals surface area contributed by atoms with Crippen molar-refractivity contribution in [2.45, 2.75) is 19.4 Å². The molecule has 0 unspecified atom stereocenters. The van der Waals surface area contributed by atoms with Crippen LogP contribution in [0.3, 0.4) is 0 Å². The van der Waals surface area contributed by atoms with Crippen molar-refractivity contribution >= 4 is 5.91 Å². The molecule has 4 nitrogen and oxygen atoms in total. The molecule has 100 valence electrons. The second-order valence-electron chi connectivity index (χ2n) is 4.73. The normalized spacial score (nSPS) is 11.2. The van der Waals surface area contributed by atoms with Crippen molar-refractivity contribution in [1.29, 1.82) is 0 Å². The maximum Gasteiger partial charge on any atom is 0.254 e. The molecule has 0 aliphatic heterocycles. The van der Waals surface area contributed by atoms with Gasteiger partial charge in [0.25, 0.3) is 5.91 Å². The largest absolute Gasteiger partial charge is 0.494 e. The number of carbonyl (C=O) groups excluding carboxylic acids is 1. The number of methoxy groups -OCH3 is 1. The maximum absolute atomic E-state index is 13.3. The van der Waals surface area contributed by atoms with Gasteiger partial charge in [0, 0.05) is 24.7 Å². The summed E-state index contributed by atoms with van der Waals surface area (Å²) in [5, 5.41) is 0. The zero-order valence-corrected chi connectivity index (χ0v) is 11.2. The van der Waals surface area contributed by atoms with Crippen LogP contribution in [0.15, 0.2) is 18.2 Å². The number of halogens is 1. The van der Waals surface area contributed by atoms with Crippen LogP contribution in [0, 0.1) is 5.82 Å². The molecule has 18 heavy (non-hydrogen) atoms. The molecule has 0 saturated heterocycles. The van der Waals surface area contributed by atoms with E-state index in [4.69, 9.17) is 10.5 Å². The predicted octanol–water partition coefficient (Wildman–Crippen LogP) is 1.64. The van der Waals surface area contributed by atoms with Crippen LogP contribution < -0.4 is 10.5 Å². The van der Waals surface area contributed by atoms with E-state index < -0.39 is 11.4 Å². The molecular weight excluding hydrogens is 235 g/mol. The predicted molar refractivity (Wildman–Crippen MR) is 68.2 cm³/mol. The van der Waals surface area contributed by atoms with Gasteiger partial charge in [-0.25, -0.2) is 4.39 Å². The summed E-state index contributed by atoms with van der Waals surface area (Å²) in [5.41, 5.74) is 5.54. The molecule has 0 radical (unpaired) electrons. The molecule has 1 aromatic carbocycles. The molecule has 0 atom stereocenters. The molecule has 0 bridgehead atoms. The van der Waals surface area contributed by atoms with Gasteiger partial charge in [-0.15, -0.1) is 0 Å². The van der Waals surface area contributed by atoms with Crippen LogP contribution in [0.4, 0.5) is 4.39 Å². The third-order valence-corrected chi connectivity index (χ3v) is 3.11. The molecule has 0 heterocycles. The van der Waals surface area contributed by atoms with Gasteiger partial charge in [0.05, 0.1) is 7.11 Å². The second kappa shape index (κ2) is 5.35. The molecule has 0 saturated carbocycles.